The summed E-state index contributed by atoms with van der Waals surface area (Å²) in [5.41, 5.74) is 8.25. The number of Topliss-reactive ketones (excluding diaryl/α,β-unsaturated/α-hetero) is 1. The van der Waals surface area contributed by atoms with Crippen LogP contribution in [0.1, 0.15) is 64.1 Å². The number of ketones is 1. The van der Waals surface area contributed by atoms with Crippen molar-refractivity contribution in [3.05, 3.63) is 82.2 Å². The topological polar surface area (TPSA) is 46.9 Å². The quantitative estimate of drug-likeness (QED) is 0.650. The Kier molecular flexibility index (Phi) is 5.14. The Labute approximate surface area is 166 Å². The minimum Gasteiger partial charge on any atom is -0.306 e. The largest absolute Gasteiger partial charge is 0.306 e. The highest BCUT2D eigenvalue weighted by atomic mass is 16.1. The SMILES string of the molecule is CC(=O)c1cccc(CNC2CCCc3c2cnn3-c2ccc(C)c(C)c2)c1. The first-order chi connectivity index (χ1) is 13.5. The van der Waals surface area contributed by atoms with Crippen LogP contribution in [0, 0.1) is 13.8 Å². The summed E-state index contributed by atoms with van der Waals surface area (Å²) in [6.45, 7) is 6.65. The van der Waals surface area contributed by atoms with Gasteiger partial charge >= 0.3 is 0 Å². The van der Waals surface area contributed by atoms with Gasteiger partial charge in [0.1, 0.15) is 0 Å². The van der Waals surface area contributed by atoms with Crippen LogP contribution in [0.5, 0.6) is 0 Å². The van der Waals surface area contributed by atoms with Crippen molar-refractivity contribution in [1.82, 2.24) is 15.1 Å². The molecule has 3 aromatic rings. The zero-order valence-corrected chi connectivity index (χ0v) is 16.8. The summed E-state index contributed by atoms with van der Waals surface area (Å²) in [6.07, 6.45) is 5.33. The number of carbonyl (C=O) groups excluding carboxylic acids is 1. The molecule has 1 aliphatic rings. The highest BCUT2D eigenvalue weighted by Crippen LogP contribution is 2.31. The molecule has 1 aliphatic carbocycles. The highest BCUT2D eigenvalue weighted by Gasteiger charge is 2.24. The van der Waals surface area contributed by atoms with E-state index in [1.165, 1.54) is 22.4 Å². The van der Waals surface area contributed by atoms with Crippen LogP contribution in [0.2, 0.25) is 0 Å². The lowest BCUT2D eigenvalue weighted by atomic mass is 9.92. The number of hydrogen-bond donors (Lipinski definition) is 1. The van der Waals surface area contributed by atoms with E-state index >= 15 is 0 Å². The summed E-state index contributed by atoms with van der Waals surface area (Å²) in [4.78, 5) is 11.6. The van der Waals surface area contributed by atoms with E-state index in [2.05, 4.69) is 48.1 Å². The monoisotopic (exact) mass is 373 g/mol. The van der Waals surface area contributed by atoms with Crippen molar-refractivity contribution in [2.75, 3.05) is 0 Å². The Balaban J connectivity index is 1.55. The van der Waals surface area contributed by atoms with E-state index in [0.29, 0.717) is 6.04 Å². The molecule has 1 aromatic heterocycles. The fraction of sp³-hybridized carbons (Fsp3) is 0.333. The number of carbonyl (C=O) groups is 1. The van der Waals surface area contributed by atoms with Crippen LogP contribution < -0.4 is 5.32 Å². The van der Waals surface area contributed by atoms with E-state index in [1.54, 1.807) is 6.92 Å². The van der Waals surface area contributed by atoms with Gasteiger partial charge in [-0.15, -0.1) is 0 Å². The molecule has 144 valence electrons. The van der Waals surface area contributed by atoms with E-state index < -0.39 is 0 Å². The van der Waals surface area contributed by atoms with Crippen LogP contribution >= 0.6 is 0 Å². The molecule has 1 heterocycles. The Bertz CT molecular complexity index is 1020. The zero-order valence-electron chi connectivity index (χ0n) is 16.8. The molecule has 1 atom stereocenters. The maximum Gasteiger partial charge on any atom is 0.159 e. The van der Waals surface area contributed by atoms with Gasteiger partial charge in [0.15, 0.2) is 5.78 Å². The van der Waals surface area contributed by atoms with Crippen LogP contribution in [0.15, 0.2) is 48.7 Å². The lowest BCUT2D eigenvalue weighted by molar-refractivity contribution is 0.101. The average molecular weight is 374 g/mol. The highest BCUT2D eigenvalue weighted by molar-refractivity contribution is 5.94. The van der Waals surface area contributed by atoms with Crippen LogP contribution in [-0.2, 0) is 13.0 Å². The standard InChI is InChI=1S/C24H27N3O/c1-16-10-11-21(12-17(16)2)27-24-9-5-8-23(22(24)15-26-27)25-14-19-6-4-7-20(13-19)18(3)28/h4,6-7,10-13,15,23,25H,5,8-9,14H2,1-3H3. The second-order valence-electron chi connectivity index (χ2n) is 7.81. The molecule has 28 heavy (non-hydrogen) atoms. The molecule has 0 spiro atoms. The summed E-state index contributed by atoms with van der Waals surface area (Å²) >= 11 is 0. The fourth-order valence-corrected chi connectivity index (χ4v) is 3.99. The number of rotatable bonds is 5. The van der Waals surface area contributed by atoms with E-state index in [0.717, 1.165) is 42.6 Å². The van der Waals surface area contributed by atoms with Gasteiger partial charge in [-0.25, -0.2) is 4.68 Å². The Morgan fingerprint density at radius 1 is 1.18 bits per heavy atom. The van der Waals surface area contributed by atoms with Gasteiger partial charge in [0.2, 0.25) is 0 Å². The molecule has 0 saturated carbocycles. The molecule has 2 aromatic carbocycles. The molecule has 0 bridgehead atoms. The van der Waals surface area contributed by atoms with Crippen LogP contribution in [0.25, 0.3) is 5.69 Å². The number of nitrogens with one attached hydrogen (secondary N) is 1. The van der Waals surface area contributed by atoms with Gasteiger partial charge in [-0.3, -0.25) is 4.79 Å². The number of hydrogen-bond acceptors (Lipinski definition) is 3. The molecule has 0 amide bonds. The van der Waals surface area contributed by atoms with Gasteiger partial charge < -0.3 is 5.32 Å². The third-order valence-corrected chi connectivity index (χ3v) is 5.80. The van der Waals surface area contributed by atoms with Crippen LogP contribution in [-0.4, -0.2) is 15.6 Å². The van der Waals surface area contributed by atoms with Crippen molar-refractivity contribution >= 4 is 5.78 Å². The molecular weight excluding hydrogens is 346 g/mol. The lowest BCUT2D eigenvalue weighted by Crippen LogP contribution is -2.25. The number of nitrogens with zero attached hydrogens (tertiary/aromatic N) is 2. The molecule has 4 rings (SSSR count). The zero-order chi connectivity index (χ0) is 19.7. The molecule has 4 nitrogen and oxygen atoms in total. The average Bonchev–Trinajstić information content (AvgIpc) is 3.13. The lowest BCUT2D eigenvalue weighted by Gasteiger charge is -2.24. The maximum absolute atomic E-state index is 11.6. The second-order valence-corrected chi connectivity index (χ2v) is 7.81. The molecule has 0 saturated heterocycles. The summed E-state index contributed by atoms with van der Waals surface area (Å²) in [5.74, 6) is 0.108. The van der Waals surface area contributed by atoms with Crippen molar-refractivity contribution in [1.29, 1.82) is 0 Å². The van der Waals surface area contributed by atoms with Gasteiger partial charge in [-0.1, -0.05) is 24.3 Å². The van der Waals surface area contributed by atoms with Gasteiger partial charge in [-0.05, 0) is 74.9 Å². The number of benzene rings is 2. The van der Waals surface area contributed by atoms with E-state index in [9.17, 15) is 4.79 Å². The summed E-state index contributed by atoms with van der Waals surface area (Å²) in [6, 6.07) is 14.7. The van der Waals surface area contributed by atoms with E-state index in [1.807, 2.05) is 24.4 Å². The van der Waals surface area contributed by atoms with Crippen molar-refractivity contribution in [3.8, 4) is 5.69 Å². The van der Waals surface area contributed by atoms with Gasteiger partial charge in [0.25, 0.3) is 0 Å². The van der Waals surface area contributed by atoms with E-state index in [-0.39, 0.29) is 5.78 Å². The van der Waals surface area contributed by atoms with Gasteiger partial charge in [0, 0.05) is 29.4 Å². The minimum atomic E-state index is 0.108. The smallest absolute Gasteiger partial charge is 0.159 e. The summed E-state index contributed by atoms with van der Waals surface area (Å²) in [5, 5.41) is 8.39. The predicted octanol–water partition coefficient (Wildman–Crippen LogP) is 4.86. The van der Waals surface area contributed by atoms with Crippen molar-refractivity contribution in [2.45, 2.75) is 52.6 Å². The van der Waals surface area contributed by atoms with Crippen molar-refractivity contribution < 1.29 is 4.79 Å². The second kappa shape index (κ2) is 7.72. The molecule has 0 fully saturated rings. The van der Waals surface area contributed by atoms with Crippen LogP contribution in [0.3, 0.4) is 0 Å². The van der Waals surface area contributed by atoms with Gasteiger partial charge in [0.05, 0.1) is 11.9 Å². The fourth-order valence-electron chi connectivity index (χ4n) is 3.99. The Morgan fingerprint density at radius 2 is 2.04 bits per heavy atom. The van der Waals surface area contributed by atoms with Crippen molar-refractivity contribution in [2.24, 2.45) is 0 Å². The number of aromatic nitrogens is 2. The van der Waals surface area contributed by atoms with Gasteiger partial charge in [-0.2, -0.15) is 5.10 Å². The Morgan fingerprint density at radius 3 is 2.82 bits per heavy atom. The molecule has 0 radical (unpaired) electrons. The van der Waals surface area contributed by atoms with E-state index in [4.69, 9.17) is 5.10 Å². The van der Waals surface area contributed by atoms with Crippen LogP contribution in [0.4, 0.5) is 0 Å². The number of fused-ring (bicyclic) bond motifs is 1. The minimum absolute atomic E-state index is 0.108. The predicted molar refractivity (Wildman–Crippen MR) is 112 cm³/mol. The molecule has 4 heteroatoms. The first-order valence-electron chi connectivity index (χ1n) is 10.0. The maximum atomic E-state index is 11.6. The first kappa shape index (κ1) is 18.6. The Hall–Kier alpha value is -2.72. The molecule has 1 N–H and O–H groups in total. The number of aryl methyl sites for hydroxylation is 2. The summed E-state index contributed by atoms with van der Waals surface area (Å²) in [7, 11) is 0. The van der Waals surface area contributed by atoms with Crippen molar-refractivity contribution in [3.63, 3.8) is 0 Å². The summed E-state index contributed by atoms with van der Waals surface area (Å²) < 4.78 is 2.10. The first-order valence-corrected chi connectivity index (χ1v) is 10.0. The normalized spacial score (nSPS) is 16.0. The third-order valence-electron chi connectivity index (χ3n) is 5.80. The molecule has 0 aliphatic heterocycles. The third kappa shape index (κ3) is 3.65. The molecular formula is C24H27N3O. The molecule has 1 unspecified atom stereocenters.